The van der Waals surface area contributed by atoms with Gasteiger partial charge in [-0.05, 0) is 42.4 Å². The van der Waals surface area contributed by atoms with Crippen molar-refractivity contribution in [2.45, 2.75) is 45.1 Å². The van der Waals surface area contributed by atoms with Crippen LogP contribution in [0.25, 0.3) is 11.1 Å². The minimum atomic E-state index is -0.318. The molecule has 2 aromatic carbocycles. The Morgan fingerprint density at radius 2 is 1.33 bits per heavy atom. The van der Waals surface area contributed by atoms with Crippen LogP contribution in [0.5, 0.6) is 0 Å². The number of hydrogen-bond donors (Lipinski definition) is 1. The molecule has 0 aromatic heterocycles. The maximum atomic E-state index is 7.32. The fraction of sp³-hybridized carbons (Fsp3) is 0.368. The van der Waals surface area contributed by atoms with E-state index in [1.54, 1.807) is 0 Å². The number of rotatable bonds is 5. The second-order valence-electron chi connectivity index (χ2n) is 6.93. The van der Waals surface area contributed by atoms with Crippen LogP contribution < -0.4 is 0 Å². The smallest absolute Gasteiger partial charge is 0.0765 e. The standard InChI is InChI=1S/C19H24N2/c1-18(2,14-19(3,4)21-20)17-12-10-16(11-13-17)15-8-6-5-7-9-15/h5-13,20H,14H2,1-4H3. The molecule has 1 N–H and O–H groups in total. The predicted molar refractivity (Wildman–Crippen MR) is 88.7 cm³/mol. The molecule has 0 spiro atoms. The lowest BCUT2D eigenvalue weighted by molar-refractivity contribution is 0.337. The molecule has 0 amide bonds. The van der Waals surface area contributed by atoms with E-state index in [4.69, 9.17) is 5.53 Å². The van der Waals surface area contributed by atoms with Gasteiger partial charge in [0, 0.05) is 0 Å². The van der Waals surface area contributed by atoms with Crippen LogP contribution in [0.1, 0.15) is 39.7 Å². The van der Waals surface area contributed by atoms with Gasteiger partial charge in [0.2, 0.25) is 0 Å². The number of benzene rings is 2. The average molecular weight is 280 g/mol. The van der Waals surface area contributed by atoms with Gasteiger partial charge in [-0.25, -0.2) is 5.53 Å². The Hall–Kier alpha value is -1.96. The van der Waals surface area contributed by atoms with Crippen molar-refractivity contribution in [2.24, 2.45) is 5.11 Å². The molecule has 0 heterocycles. The van der Waals surface area contributed by atoms with Gasteiger partial charge < -0.3 is 0 Å². The third-order valence-electron chi connectivity index (χ3n) is 3.95. The van der Waals surface area contributed by atoms with E-state index in [9.17, 15) is 0 Å². The lowest BCUT2D eigenvalue weighted by atomic mass is 9.75. The third-order valence-corrected chi connectivity index (χ3v) is 3.95. The van der Waals surface area contributed by atoms with Gasteiger partial charge in [0.15, 0.2) is 0 Å². The second kappa shape index (κ2) is 5.80. The predicted octanol–water partition coefficient (Wildman–Crippen LogP) is 5.83. The second-order valence-corrected chi connectivity index (χ2v) is 6.93. The van der Waals surface area contributed by atoms with Crippen LogP contribution in [0.15, 0.2) is 59.7 Å². The zero-order valence-electron chi connectivity index (χ0n) is 13.4. The monoisotopic (exact) mass is 280 g/mol. The first-order valence-electron chi connectivity index (χ1n) is 7.39. The summed E-state index contributed by atoms with van der Waals surface area (Å²) in [7, 11) is 0. The summed E-state index contributed by atoms with van der Waals surface area (Å²) in [5.41, 5.74) is 10.8. The van der Waals surface area contributed by atoms with E-state index in [1.165, 1.54) is 16.7 Å². The Bertz CT molecular complexity index is 595. The molecule has 21 heavy (non-hydrogen) atoms. The van der Waals surface area contributed by atoms with Gasteiger partial charge in [-0.3, -0.25) is 0 Å². The van der Waals surface area contributed by atoms with Crippen LogP contribution >= 0.6 is 0 Å². The maximum Gasteiger partial charge on any atom is 0.0765 e. The molecule has 0 aliphatic heterocycles. The van der Waals surface area contributed by atoms with Gasteiger partial charge >= 0.3 is 0 Å². The van der Waals surface area contributed by atoms with Crippen molar-refractivity contribution in [1.82, 2.24) is 0 Å². The highest BCUT2D eigenvalue weighted by atomic mass is 15.0. The summed E-state index contributed by atoms with van der Waals surface area (Å²) in [6.07, 6.45) is 0.855. The molecule has 0 saturated heterocycles. The molecule has 0 unspecified atom stereocenters. The van der Waals surface area contributed by atoms with E-state index in [1.807, 2.05) is 19.9 Å². The highest BCUT2D eigenvalue weighted by Gasteiger charge is 2.29. The molecule has 2 rings (SSSR count). The quantitative estimate of drug-likeness (QED) is 0.669. The van der Waals surface area contributed by atoms with Crippen molar-refractivity contribution in [2.75, 3.05) is 0 Å². The van der Waals surface area contributed by atoms with E-state index in [-0.39, 0.29) is 11.0 Å². The van der Waals surface area contributed by atoms with Gasteiger partial charge in [0.25, 0.3) is 0 Å². The highest BCUT2D eigenvalue weighted by Crippen LogP contribution is 2.34. The van der Waals surface area contributed by atoms with E-state index in [0.29, 0.717) is 0 Å². The molecule has 0 radical (unpaired) electrons. The summed E-state index contributed by atoms with van der Waals surface area (Å²) < 4.78 is 0. The summed E-state index contributed by atoms with van der Waals surface area (Å²) in [5, 5.41) is 3.75. The van der Waals surface area contributed by atoms with Crippen LogP contribution in [-0.4, -0.2) is 5.54 Å². The molecule has 2 heteroatoms. The summed E-state index contributed by atoms with van der Waals surface area (Å²) >= 11 is 0. The molecule has 0 bridgehead atoms. The van der Waals surface area contributed by atoms with Crippen LogP contribution in [-0.2, 0) is 5.41 Å². The first-order valence-corrected chi connectivity index (χ1v) is 7.39. The first kappa shape index (κ1) is 15.4. The molecular formula is C19H24N2. The van der Waals surface area contributed by atoms with Gasteiger partial charge in [0.05, 0.1) is 5.54 Å². The summed E-state index contributed by atoms with van der Waals surface area (Å²) in [4.78, 5) is 0. The number of nitrogens with zero attached hydrogens (tertiary/aromatic N) is 1. The summed E-state index contributed by atoms with van der Waals surface area (Å²) in [6.45, 7) is 8.47. The Kier molecular flexibility index (Phi) is 4.26. The van der Waals surface area contributed by atoms with Crippen molar-refractivity contribution in [3.63, 3.8) is 0 Å². The summed E-state index contributed by atoms with van der Waals surface area (Å²) in [6, 6.07) is 19.2. The van der Waals surface area contributed by atoms with Crippen molar-refractivity contribution in [3.8, 4) is 11.1 Å². The average Bonchev–Trinajstić information content (AvgIpc) is 2.47. The molecule has 0 fully saturated rings. The van der Waals surface area contributed by atoms with E-state index in [0.717, 1.165) is 6.42 Å². The maximum absolute atomic E-state index is 7.32. The minimum Gasteiger partial charge on any atom is -0.209 e. The zero-order chi connectivity index (χ0) is 15.5. The molecular weight excluding hydrogens is 256 g/mol. The van der Waals surface area contributed by atoms with Gasteiger partial charge in [-0.2, -0.15) is 5.11 Å². The topological polar surface area (TPSA) is 36.2 Å². The largest absolute Gasteiger partial charge is 0.209 e. The van der Waals surface area contributed by atoms with Crippen LogP contribution in [0.3, 0.4) is 0 Å². The fourth-order valence-corrected chi connectivity index (χ4v) is 2.97. The van der Waals surface area contributed by atoms with E-state index in [2.05, 4.69) is 67.5 Å². The molecule has 0 aliphatic carbocycles. The molecule has 0 saturated carbocycles. The number of nitrogens with one attached hydrogen (secondary N) is 1. The number of hydrogen-bond acceptors (Lipinski definition) is 2. The normalized spacial score (nSPS) is 12.2. The van der Waals surface area contributed by atoms with Gasteiger partial charge in [-0.1, -0.05) is 68.4 Å². The lowest BCUT2D eigenvalue weighted by Crippen LogP contribution is -2.29. The minimum absolute atomic E-state index is 0.00324. The Balaban J connectivity index is 2.24. The SMILES string of the molecule is CC(C)(CC(C)(C)c1ccc(-c2ccccc2)cc1)N=N. The third kappa shape index (κ3) is 3.78. The van der Waals surface area contributed by atoms with Gasteiger partial charge in [0.1, 0.15) is 0 Å². The summed E-state index contributed by atoms with van der Waals surface area (Å²) in [5.74, 6) is 0. The molecule has 2 aromatic rings. The van der Waals surface area contributed by atoms with Crippen LogP contribution in [0.2, 0.25) is 0 Å². The van der Waals surface area contributed by atoms with Crippen LogP contribution in [0, 0.1) is 5.53 Å². The fourth-order valence-electron chi connectivity index (χ4n) is 2.97. The van der Waals surface area contributed by atoms with Crippen molar-refractivity contribution in [3.05, 3.63) is 60.2 Å². The first-order chi connectivity index (χ1) is 9.84. The zero-order valence-corrected chi connectivity index (χ0v) is 13.4. The molecule has 110 valence electrons. The van der Waals surface area contributed by atoms with E-state index >= 15 is 0 Å². The Morgan fingerprint density at radius 1 is 0.810 bits per heavy atom. The Labute approximate surface area is 127 Å². The lowest BCUT2D eigenvalue weighted by Gasteiger charge is -2.32. The Morgan fingerprint density at radius 3 is 1.86 bits per heavy atom. The molecule has 0 aliphatic rings. The van der Waals surface area contributed by atoms with Crippen molar-refractivity contribution < 1.29 is 0 Å². The highest BCUT2D eigenvalue weighted by molar-refractivity contribution is 5.63. The van der Waals surface area contributed by atoms with E-state index < -0.39 is 0 Å². The molecule has 0 atom stereocenters. The van der Waals surface area contributed by atoms with Crippen molar-refractivity contribution >= 4 is 0 Å². The molecule has 2 nitrogen and oxygen atoms in total. The van der Waals surface area contributed by atoms with Crippen LogP contribution in [0.4, 0.5) is 0 Å². The van der Waals surface area contributed by atoms with Crippen molar-refractivity contribution in [1.29, 1.82) is 5.53 Å². The van der Waals surface area contributed by atoms with Gasteiger partial charge in [-0.15, -0.1) is 0 Å².